The lowest BCUT2D eigenvalue weighted by Crippen LogP contribution is -2.45. The van der Waals surface area contributed by atoms with Gasteiger partial charge < -0.3 is 10.5 Å². The number of ether oxygens (including phenoxy) is 1. The predicted octanol–water partition coefficient (Wildman–Crippen LogP) is 2.54. The van der Waals surface area contributed by atoms with E-state index in [-0.39, 0.29) is 5.78 Å². The number of carbonyl (C=O) groups is 1. The normalized spacial score (nSPS) is 18.0. The van der Waals surface area contributed by atoms with Crippen LogP contribution in [0, 0.1) is 0 Å². The Hall–Kier alpha value is -1.35. The van der Waals surface area contributed by atoms with Gasteiger partial charge in [-0.25, -0.2) is 0 Å². The quantitative estimate of drug-likeness (QED) is 0.813. The second-order valence-electron chi connectivity index (χ2n) is 4.62. The highest BCUT2D eigenvalue weighted by molar-refractivity contribution is 6.05. The third kappa shape index (κ3) is 2.34. The Kier molecular flexibility index (Phi) is 3.48. The number of carbonyl (C=O) groups excluding carboxylic acids is 1. The topological polar surface area (TPSA) is 52.3 Å². The lowest BCUT2D eigenvalue weighted by Gasteiger charge is -2.23. The first kappa shape index (κ1) is 12.1. The molecule has 0 spiro atoms. The number of hydrogen-bond donors (Lipinski definition) is 1. The van der Waals surface area contributed by atoms with Gasteiger partial charge in [0.25, 0.3) is 0 Å². The largest absolute Gasteiger partial charge is 0.493 e. The molecule has 1 saturated carbocycles. The molecule has 1 aliphatic rings. The van der Waals surface area contributed by atoms with Crippen molar-refractivity contribution in [3.63, 3.8) is 0 Å². The van der Waals surface area contributed by atoms with Gasteiger partial charge in [0.1, 0.15) is 5.75 Å². The Morgan fingerprint density at radius 1 is 1.35 bits per heavy atom. The van der Waals surface area contributed by atoms with Gasteiger partial charge in [-0.1, -0.05) is 25.0 Å². The van der Waals surface area contributed by atoms with Crippen LogP contribution in [0.1, 0.15) is 43.0 Å². The van der Waals surface area contributed by atoms with Crippen molar-refractivity contribution in [2.24, 2.45) is 5.73 Å². The summed E-state index contributed by atoms with van der Waals surface area (Å²) in [5.74, 6) is 0.677. The van der Waals surface area contributed by atoms with Crippen molar-refractivity contribution < 1.29 is 9.53 Å². The number of para-hydroxylation sites is 1. The second kappa shape index (κ2) is 4.88. The van der Waals surface area contributed by atoms with Gasteiger partial charge in [-0.15, -0.1) is 0 Å². The summed E-state index contributed by atoms with van der Waals surface area (Å²) in [5.41, 5.74) is 6.15. The molecule has 1 fully saturated rings. The standard InChI is InChI=1S/C14H19NO2/c1-2-17-12-8-4-3-7-11(12)13(16)14(15)9-5-6-10-14/h3-4,7-8H,2,5-6,9-10,15H2,1H3. The average Bonchev–Trinajstić information content (AvgIpc) is 2.78. The molecule has 92 valence electrons. The van der Waals surface area contributed by atoms with Crippen LogP contribution in [0.4, 0.5) is 0 Å². The summed E-state index contributed by atoms with van der Waals surface area (Å²) in [7, 11) is 0. The summed E-state index contributed by atoms with van der Waals surface area (Å²) in [6.07, 6.45) is 3.65. The molecule has 1 aromatic rings. The predicted molar refractivity (Wildman–Crippen MR) is 67.3 cm³/mol. The minimum Gasteiger partial charge on any atom is -0.493 e. The molecule has 0 heterocycles. The van der Waals surface area contributed by atoms with Gasteiger partial charge in [-0.3, -0.25) is 4.79 Å². The number of nitrogens with two attached hydrogens (primary N) is 1. The number of ketones is 1. The first-order valence-electron chi connectivity index (χ1n) is 6.23. The van der Waals surface area contributed by atoms with Crippen molar-refractivity contribution in [3.8, 4) is 5.75 Å². The van der Waals surface area contributed by atoms with E-state index in [0.29, 0.717) is 17.9 Å². The van der Waals surface area contributed by atoms with E-state index in [1.807, 2.05) is 25.1 Å². The summed E-state index contributed by atoms with van der Waals surface area (Å²) in [5, 5.41) is 0. The van der Waals surface area contributed by atoms with E-state index in [1.165, 1.54) is 0 Å². The van der Waals surface area contributed by atoms with E-state index in [1.54, 1.807) is 6.07 Å². The van der Waals surface area contributed by atoms with Crippen molar-refractivity contribution in [2.75, 3.05) is 6.61 Å². The highest BCUT2D eigenvalue weighted by atomic mass is 16.5. The Bertz CT molecular complexity index is 408. The molecule has 0 radical (unpaired) electrons. The molecule has 0 unspecified atom stereocenters. The Morgan fingerprint density at radius 2 is 2.00 bits per heavy atom. The number of Topliss-reactive ketones (excluding diaryl/α,β-unsaturated/α-hetero) is 1. The molecule has 0 saturated heterocycles. The van der Waals surface area contributed by atoms with Crippen molar-refractivity contribution in [1.29, 1.82) is 0 Å². The molecule has 1 aliphatic carbocycles. The first-order chi connectivity index (χ1) is 8.17. The highest BCUT2D eigenvalue weighted by Crippen LogP contribution is 2.32. The van der Waals surface area contributed by atoms with Crippen molar-refractivity contribution in [1.82, 2.24) is 0 Å². The molecule has 3 nitrogen and oxygen atoms in total. The van der Waals surface area contributed by atoms with E-state index < -0.39 is 5.54 Å². The summed E-state index contributed by atoms with van der Waals surface area (Å²) in [6.45, 7) is 2.47. The van der Waals surface area contributed by atoms with Crippen LogP contribution in [0.5, 0.6) is 5.75 Å². The highest BCUT2D eigenvalue weighted by Gasteiger charge is 2.38. The van der Waals surface area contributed by atoms with E-state index >= 15 is 0 Å². The Labute approximate surface area is 102 Å². The molecule has 0 aromatic heterocycles. The summed E-state index contributed by atoms with van der Waals surface area (Å²) in [4.78, 5) is 12.5. The molecule has 2 N–H and O–H groups in total. The maximum atomic E-state index is 12.5. The molecule has 0 aliphatic heterocycles. The Morgan fingerprint density at radius 3 is 2.65 bits per heavy atom. The molecule has 3 heteroatoms. The van der Waals surface area contributed by atoms with Gasteiger partial charge >= 0.3 is 0 Å². The number of hydrogen-bond acceptors (Lipinski definition) is 3. The number of benzene rings is 1. The maximum Gasteiger partial charge on any atom is 0.186 e. The SMILES string of the molecule is CCOc1ccccc1C(=O)C1(N)CCCC1. The van der Waals surface area contributed by atoms with Crippen molar-refractivity contribution in [2.45, 2.75) is 38.1 Å². The van der Waals surface area contributed by atoms with E-state index in [0.717, 1.165) is 25.7 Å². The smallest absolute Gasteiger partial charge is 0.186 e. The van der Waals surface area contributed by atoms with E-state index in [2.05, 4.69) is 0 Å². The summed E-state index contributed by atoms with van der Waals surface area (Å²) >= 11 is 0. The van der Waals surface area contributed by atoms with E-state index in [4.69, 9.17) is 10.5 Å². The van der Waals surface area contributed by atoms with Crippen LogP contribution in [0.2, 0.25) is 0 Å². The summed E-state index contributed by atoms with van der Waals surface area (Å²) < 4.78 is 5.49. The van der Waals surface area contributed by atoms with Gasteiger partial charge in [-0.05, 0) is 31.9 Å². The van der Waals surface area contributed by atoms with Crippen LogP contribution in [0.25, 0.3) is 0 Å². The zero-order valence-corrected chi connectivity index (χ0v) is 10.2. The molecule has 0 atom stereocenters. The van der Waals surface area contributed by atoms with E-state index in [9.17, 15) is 4.79 Å². The van der Waals surface area contributed by atoms with Crippen molar-refractivity contribution in [3.05, 3.63) is 29.8 Å². The molecule has 2 rings (SSSR count). The van der Waals surface area contributed by atoms with Crippen LogP contribution in [0.15, 0.2) is 24.3 Å². The van der Waals surface area contributed by atoms with Crippen molar-refractivity contribution >= 4 is 5.78 Å². The van der Waals surface area contributed by atoms with Gasteiger partial charge in [0.05, 0.1) is 17.7 Å². The molecular formula is C14H19NO2. The summed E-state index contributed by atoms with van der Waals surface area (Å²) in [6, 6.07) is 7.36. The van der Waals surface area contributed by atoms with Crippen LogP contribution in [0.3, 0.4) is 0 Å². The lowest BCUT2D eigenvalue weighted by molar-refractivity contribution is 0.0888. The maximum absolute atomic E-state index is 12.5. The first-order valence-corrected chi connectivity index (χ1v) is 6.23. The fourth-order valence-electron chi connectivity index (χ4n) is 2.44. The fraction of sp³-hybridized carbons (Fsp3) is 0.500. The van der Waals surface area contributed by atoms with Gasteiger partial charge in [0.2, 0.25) is 0 Å². The molecular weight excluding hydrogens is 214 g/mol. The van der Waals surface area contributed by atoms with Gasteiger partial charge in [-0.2, -0.15) is 0 Å². The third-order valence-electron chi connectivity index (χ3n) is 3.38. The fourth-order valence-corrected chi connectivity index (χ4v) is 2.44. The monoisotopic (exact) mass is 233 g/mol. The minimum atomic E-state index is -0.673. The molecule has 1 aromatic carbocycles. The minimum absolute atomic E-state index is 0.0269. The molecule has 0 amide bonds. The van der Waals surface area contributed by atoms with Crippen LogP contribution in [-0.4, -0.2) is 17.9 Å². The van der Waals surface area contributed by atoms with Crippen LogP contribution < -0.4 is 10.5 Å². The molecule has 0 bridgehead atoms. The van der Waals surface area contributed by atoms with Gasteiger partial charge in [0, 0.05) is 0 Å². The molecule has 17 heavy (non-hydrogen) atoms. The zero-order valence-electron chi connectivity index (χ0n) is 10.2. The number of rotatable bonds is 4. The average molecular weight is 233 g/mol. The zero-order chi connectivity index (χ0) is 12.3. The lowest BCUT2D eigenvalue weighted by atomic mass is 9.88. The van der Waals surface area contributed by atoms with Crippen LogP contribution >= 0.6 is 0 Å². The van der Waals surface area contributed by atoms with Crippen LogP contribution in [-0.2, 0) is 0 Å². The second-order valence-corrected chi connectivity index (χ2v) is 4.62. The Balaban J connectivity index is 2.30. The third-order valence-corrected chi connectivity index (χ3v) is 3.38. The van der Waals surface area contributed by atoms with Gasteiger partial charge in [0.15, 0.2) is 5.78 Å².